The Morgan fingerprint density at radius 3 is 2.64 bits per heavy atom. The number of aromatic nitrogens is 4. The molecule has 0 aromatic carbocycles. The molecule has 1 atom stereocenters. The average molecular weight is 392 g/mol. The molecule has 0 radical (unpaired) electrons. The maximum Gasteiger partial charge on any atom is 0.229 e. The van der Waals surface area contributed by atoms with Crippen LogP contribution in [0.5, 0.6) is 0 Å². The second-order valence-electron chi connectivity index (χ2n) is 6.48. The van der Waals surface area contributed by atoms with Gasteiger partial charge in [-0.05, 0) is 43.2 Å². The number of nitrogens with one attached hydrogen (secondary N) is 1. The average Bonchev–Trinajstić information content (AvgIpc) is 2.75. The van der Waals surface area contributed by atoms with Crippen LogP contribution in [-0.2, 0) is 4.79 Å². The molecule has 0 spiro atoms. The SMILES string of the molecule is O=C(Nc1ccnc(Sc2ccccn2)c1)C1CCCN(c2ncccn2)C1. The van der Waals surface area contributed by atoms with E-state index >= 15 is 0 Å². The highest BCUT2D eigenvalue weighted by atomic mass is 32.2. The summed E-state index contributed by atoms with van der Waals surface area (Å²) >= 11 is 1.46. The summed E-state index contributed by atoms with van der Waals surface area (Å²) in [6, 6.07) is 11.2. The molecule has 1 unspecified atom stereocenters. The van der Waals surface area contributed by atoms with Crippen molar-refractivity contribution in [3.63, 3.8) is 0 Å². The maximum atomic E-state index is 12.8. The molecule has 1 fully saturated rings. The summed E-state index contributed by atoms with van der Waals surface area (Å²) in [5.74, 6) is 0.594. The second-order valence-corrected chi connectivity index (χ2v) is 7.52. The number of anilines is 2. The van der Waals surface area contributed by atoms with E-state index < -0.39 is 0 Å². The lowest BCUT2D eigenvalue weighted by Gasteiger charge is -2.31. The fourth-order valence-electron chi connectivity index (χ4n) is 3.13. The van der Waals surface area contributed by atoms with Crippen molar-refractivity contribution in [2.45, 2.75) is 22.9 Å². The lowest BCUT2D eigenvalue weighted by molar-refractivity contribution is -0.120. The van der Waals surface area contributed by atoms with Crippen molar-refractivity contribution in [2.24, 2.45) is 5.92 Å². The van der Waals surface area contributed by atoms with Gasteiger partial charge in [-0.1, -0.05) is 17.8 Å². The Hall–Kier alpha value is -3.00. The van der Waals surface area contributed by atoms with E-state index in [0.717, 1.165) is 35.1 Å². The lowest BCUT2D eigenvalue weighted by Crippen LogP contribution is -2.41. The molecule has 3 aromatic heterocycles. The first-order chi connectivity index (χ1) is 13.8. The normalized spacial score (nSPS) is 16.6. The van der Waals surface area contributed by atoms with Crippen molar-refractivity contribution >= 4 is 29.3 Å². The van der Waals surface area contributed by atoms with Gasteiger partial charge >= 0.3 is 0 Å². The van der Waals surface area contributed by atoms with Crippen molar-refractivity contribution in [2.75, 3.05) is 23.3 Å². The Labute approximate surface area is 167 Å². The van der Waals surface area contributed by atoms with Crippen LogP contribution in [0.4, 0.5) is 11.6 Å². The summed E-state index contributed by atoms with van der Waals surface area (Å²) in [5, 5.41) is 4.69. The van der Waals surface area contributed by atoms with Crippen LogP contribution in [0.2, 0.25) is 0 Å². The molecule has 0 aliphatic carbocycles. The van der Waals surface area contributed by atoms with E-state index in [1.165, 1.54) is 11.8 Å². The smallest absolute Gasteiger partial charge is 0.229 e. The quantitative estimate of drug-likeness (QED) is 0.713. The predicted octanol–water partition coefficient (Wildman–Crippen LogP) is 3.27. The third-order valence-electron chi connectivity index (χ3n) is 4.48. The minimum absolute atomic E-state index is 0.0145. The molecule has 1 aliphatic heterocycles. The molecule has 142 valence electrons. The van der Waals surface area contributed by atoms with Gasteiger partial charge in [-0.3, -0.25) is 4.79 Å². The number of hydrogen-bond acceptors (Lipinski definition) is 7. The molecule has 1 saturated heterocycles. The number of rotatable bonds is 5. The van der Waals surface area contributed by atoms with Crippen LogP contribution in [0.25, 0.3) is 0 Å². The van der Waals surface area contributed by atoms with Gasteiger partial charge in [0.15, 0.2) is 0 Å². The number of pyridine rings is 2. The third-order valence-corrected chi connectivity index (χ3v) is 5.36. The van der Waals surface area contributed by atoms with Gasteiger partial charge in [0, 0.05) is 43.6 Å². The highest BCUT2D eigenvalue weighted by molar-refractivity contribution is 7.99. The first kappa shape index (κ1) is 18.4. The predicted molar refractivity (Wildman–Crippen MR) is 108 cm³/mol. The van der Waals surface area contributed by atoms with Crippen molar-refractivity contribution in [3.8, 4) is 0 Å². The molecule has 1 N–H and O–H groups in total. The number of carbonyl (C=O) groups is 1. The van der Waals surface area contributed by atoms with Crippen LogP contribution in [0, 0.1) is 5.92 Å². The Kier molecular flexibility index (Phi) is 5.77. The molecule has 8 heteroatoms. The van der Waals surface area contributed by atoms with Gasteiger partial charge in [0.05, 0.1) is 5.92 Å². The van der Waals surface area contributed by atoms with Gasteiger partial charge in [0.2, 0.25) is 11.9 Å². The summed E-state index contributed by atoms with van der Waals surface area (Å²) in [5.41, 5.74) is 0.742. The number of piperidine rings is 1. The fraction of sp³-hybridized carbons (Fsp3) is 0.250. The van der Waals surface area contributed by atoms with Crippen LogP contribution in [0.1, 0.15) is 12.8 Å². The fourth-order valence-corrected chi connectivity index (χ4v) is 3.90. The molecule has 4 rings (SSSR count). The second kappa shape index (κ2) is 8.79. The summed E-state index contributed by atoms with van der Waals surface area (Å²) in [7, 11) is 0. The molecule has 1 amide bonds. The molecule has 3 aromatic rings. The molecule has 4 heterocycles. The minimum atomic E-state index is -0.0994. The zero-order chi connectivity index (χ0) is 19.2. The molecule has 1 aliphatic rings. The molecular weight excluding hydrogens is 372 g/mol. The van der Waals surface area contributed by atoms with E-state index in [9.17, 15) is 4.79 Å². The van der Waals surface area contributed by atoms with Crippen LogP contribution in [0.3, 0.4) is 0 Å². The standard InChI is InChI=1S/C20H20N6OS/c27-19(15-5-3-12-26(14-15)20-23-9-4-10-24-20)25-16-7-11-22-18(13-16)28-17-6-1-2-8-21-17/h1-2,4,6-11,13,15H,3,5,12,14H2,(H,22,25,27). The highest BCUT2D eigenvalue weighted by Crippen LogP contribution is 2.26. The maximum absolute atomic E-state index is 12.8. The van der Waals surface area contributed by atoms with Gasteiger partial charge in [0.1, 0.15) is 10.1 Å². The van der Waals surface area contributed by atoms with Crippen LogP contribution in [0.15, 0.2) is 71.2 Å². The summed E-state index contributed by atoms with van der Waals surface area (Å²) in [4.78, 5) is 32.1. The first-order valence-corrected chi connectivity index (χ1v) is 9.97. The molecule has 7 nitrogen and oxygen atoms in total. The van der Waals surface area contributed by atoms with Gasteiger partial charge in [-0.2, -0.15) is 0 Å². The van der Waals surface area contributed by atoms with E-state index in [1.54, 1.807) is 36.9 Å². The summed E-state index contributed by atoms with van der Waals surface area (Å²) in [6.07, 6.45) is 8.70. The van der Waals surface area contributed by atoms with E-state index in [0.29, 0.717) is 12.5 Å². The van der Waals surface area contributed by atoms with E-state index in [4.69, 9.17) is 0 Å². The summed E-state index contributed by atoms with van der Waals surface area (Å²) < 4.78 is 0. The van der Waals surface area contributed by atoms with Crippen molar-refractivity contribution < 1.29 is 4.79 Å². The van der Waals surface area contributed by atoms with Gasteiger partial charge in [0.25, 0.3) is 0 Å². The molecule has 0 saturated carbocycles. The zero-order valence-electron chi connectivity index (χ0n) is 15.2. The minimum Gasteiger partial charge on any atom is -0.340 e. The molecule has 28 heavy (non-hydrogen) atoms. The topological polar surface area (TPSA) is 83.9 Å². The van der Waals surface area contributed by atoms with Crippen molar-refractivity contribution in [3.05, 3.63) is 61.2 Å². The molecule has 0 bridgehead atoms. The van der Waals surface area contributed by atoms with Crippen molar-refractivity contribution in [1.82, 2.24) is 19.9 Å². The van der Waals surface area contributed by atoms with Crippen molar-refractivity contribution in [1.29, 1.82) is 0 Å². The number of hydrogen-bond donors (Lipinski definition) is 1. The third kappa shape index (κ3) is 4.64. The lowest BCUT2D eigenvalue weighted by atomic mass is 9.97. The first-order valence-electron chi connectivity index (χ1n) is 9.16. The van der Waals surface area contributed by atoms with E-state index in [-0.39, 0.29) is 11.8 Å². The largest absolute Gasteiger partial charge is 0.340 e. The highest BCUT2D eigenvalue weighted by Gasteiger charge is 2.27. The number of amides is 1. The number of nitrogens with zero attached hydrogens (tertiary/aromatic N) is 5. The Morgan fingerprint density at radius 2 is 1.82 bits per heavy atom. The van der Waals surface area contributed by atoms with Gasteiger partial charge < -0.3 is 10.2 Å². The zero-order valence-corrected chi connectivity index (χ0v) is 16.0. The Balaban J connectivity index is 1.40. The number of carbonyl (C=O) groups excluding carboxylic acids is 1. The van der Waals surface area contributed by atoms with Gasteiger partial charge in [-0.25, -0.2) is 19.9 Å². The van der Waals surface area contributed by atoms with Crippen LogP contribution < -0.4 is 10.2 Å². The Morgan fingerprint density at radius 1 is 1.00 bits per heavy atom. The van der Waals surface area contributed by atoms with Gasteiger partial charge in [-0.15, -0.1) is 0 Å². The molecular formula is C20H20N6OS. The monoisotopic (exact) mass is 392 g/mol. The van der Waals surface area contributed by atoms with E-state index in [1.807, 2.05) is 24.3 Å². The Bertz CT molecular complexity index is 924. The summed E-state index contributed by atoms with van der Waals surface area (Å²) in [6.45, 7) is 1.49. The van der Waals surface area contributed by atoms with Crippen LogP contribution >= 0.6 is 11.8 Å². The van der Waals surface area contributed by atoms with E-state index in [2.05, 4.69) is 30.2 Å². The van der Waals surface area contributed by atoms with Crippen LogP contribution in [-0.4, -0.2) is 38.9 Å².